The second-order valence-electron chi connectivity index (χ2n) is 11.7. The molecule has 0 aromatic heterocycles. The molecule has 0 heterocycles. The van der Waals surface area contributed by atoms with Gasteiger partial charge in [0.2, 0.25) is 5.91 Å². The Labute approximate surface area is 252 Å². The third-order valence-electron chi connectivity index (χ3n) is 9.13. The Kier molecular flexibility index (Phi) is 8.10. The molecule has 5 rings (SSSR count). The van der Waals surface area contributed by atoms with E-state index in [1.807, 2.05) is 0 Å². The Morgan fingerprint density at radius 1 is 0.867 bits per heavy atom. The Morgan fingerprint density at radius 2 is 1.47 bits per heavy atom. The predicted octanol–water partition coefficient (Wildman–Crippen LogP) is 4.20. The lowest BCUT2D eigenvalue weighted by atomic mass is 9.72. The molecule has 0 unspecified atom stereocenters. The highest BCUT2D eigenvalue weighted by molar-refractivity contribution is 7.92. The molecule has 3 aliphatic rings. The van der Waals surface area contributed by atoms with Gasteiger partial charge >= 0.3 is 18.0 Å². The molecule has 3 aliphatic carbocycles. The first-order valence-electron chi connectivity index (χ1n) is 13.7. The maximum Gasteiger partial charge on any atom is 0.435 e. The molecule has 248 valence electrons. The summed E-state index contributed by atoms with van der Waals surface area (Å²) in [5.41, 5.74) is -7.89. The molecule has 0 spiro atoms. The lowest BCUT2D eigenvalue weighted by Gasteiger charge is -2.43. The fourth-order valence-corrected chi connectivity index (χ4v) is 10.2. The number of hydrogen-bond donors (Lipinski definition) is 3. The summed E-state index contributed by atoms with van der Waals surface area (Å²) < 4.78 is 161. The molecule has 18 heteroatoms. The van der Waals surface area contributed by atoms with Crippen LogP contribution in [0.4, 0.5) is 35.1 Å². The maximum atomic E-state index is 15.0. The minimum Gasteiger partial charge on any atom is -0.353 e. The average Bonchev–Trinajstić information content (AvgIpc) is 3.31. The zero-order valence-corrected chi connectivity index (χ0v) is 24.7. The van der Waals surface area contributed by atoms with Crippen LogP contribution in [-0.2, 0) is 41.7 Å². The number of halogens is 8. The molecular weight excluding hydrogens is 662 g/mol. The van der Waals surface area contributed by atoms with Crippen molar-refractivity contribution in [3.63, 3.8) is 0 Å². The van der Waals surface area contributed by atoms with E-state index in [4.69, 9.17) is 5.14 Å². The molecule has 4 N–H and O–H groups in total. The molecule has 1 amide bonds. The smallest absolute Gasteiger partial charge is 0.353 e. The number of fused-ring (bicyclic) bond motifs is 3. The van der Waals surface area contributed by atoms with Gasteiger partial charge in [-0.25, -0.2) is 22.3 Å². The number of nitrogens with two attached hydrogens (primary N) is 1. The summed E-state index contributed by atoms with van der Waals surface area (Å²) in [6.07, 6.45) is -13.1. The highest BCUT2D eigenvalue weighted by atomic mass is 32.2. The summed E-state index contributed by atoms with van der Waals surface area (Å²) in [6.45, 7) is 0. The van der Waals surface area contributed by atoms with Gasteiger partial charge in [-0.1, -0.05) is 18.2 Å². The highest BCUT2D eigenvalue weighted by Crippen LogP contribution is 2.60. The Bertz CT molecular complexity index is 1690. The van der Waals surface area contributed by atoms with E-state index in [0.717, 1.165) is 30.3 Å². The Balaban J connectivity index is 1.55. The van der Waals surface area contributed by atoms with Crippen LogP contribution in [0.5, 0.6) is 0 Å². The standard InChI is InChI=1S/C27H27F8N3O5S2/c28-16-3-5-19(6-4-16)44(40,41)24-10-9-20(23(39)37-17-12-18(13-17)38-45(36,42)43)22(24)7-1-14-11-15(2-8-21(14)24)25(29,26(30,31)32)27(33,34)35/h2-6,8,11,17-18,20,22,38H,1,7,9-10,12-13H2,(H,37,39)(H2,36,42,43)/t17-,18+,20-,22+,24-/m1/s1. The van der Waals surface area contributed by atoms with Crippen molar-refractivity contribution in [1.29, 1.82) is 0 Å². The van der Waals surface area contributed by atoms with Crippen LogP contribution in [0.2, 0.25) is 0 Å². The largest absolute Gasteiger partial charge is 0.435 e. The normalized spacial score (nSPS) is 27.3. The molecular formula is C27H27F8N3O5S2. The first-order valence-corrected chi connectivity index (χ1v) is 16.7. The minimum absolute atomic E-state index is 0.0398. The van der Waals surface area contributed by atoms with Gasteiger partial charge in [0.15, 0.2) is 9.84 Å². The van der Waals surface area contributed by atoms with Crippen LogP contribution < -0.4 is 15.2 Å². The third-order valence-corrected chi connectivity index (χ3v) is 12.4. The van der Waals surface area contributed by atoms with Crippen LogP contribution >= 0.6 is 0 Å². The molecule has 8 nitrogen and oxygen atoms in total. The molecule has 3 atom stereocenters. The Morgan fingerprint density at radius 3 is 2.02 bits per heavy atom. The second kappa shape index (κ2) is 10.9. The average molecular weight is 690 g/mol. The van der Waals surface area contributed by atoms with Gasteiger partial charge in [0.25, 0.3) is 10.2 Å². The van der Waals surface area contributed by atoms with E-state index in [0.29, 0.717) is 6.07 Å². The molecule has 2 fully saturated rings. The van der Waals surface area contributed by atoms with Gasteiger partial charge in [0.1, 0.15) is 10.6 Å². The summed E-state index contributed by atoms with van der Waals surface area (Å²) in [7, 11) is -8.57. The highest BCUT2D eigenvalue weighted by Gasteiger charge is 2.74. The van der Waals surface area contributed by atoms with Crippen LogP contribution in [0.1, 0.15) is 48.8 Å². The van der Waals surface area contributed by atoms with Gasteiger partial charge in [0, 0.05) is 23.6 Å². The number of rotatable bonds is 7. The van der Waals surface area contributed by atoms with Crippen molar-refractivity contribution in [2.75, 3.05) is 0 Å². The van der Waals surface area contributed by atoms with Crippen molar-refractivity contribution in [3.05, 3.63) is 65.0 Å². The molecule has 0 bridgehead atoms. The SMILES string of the molecule is NS(=O)(=O)N[C@H]1C[C@@H](NC(=O)[C@@H]2CC[C@@]3(S(=O)(=O)c4ccc(F)cc4)c4ccc(C(F)(C(F)(F)F)C(F)(F)F)cc4CC[C@@H]23)C1. The third kappa shape index (κ3) is 5.50. The number of aryl methyl sites for hydroxylation is 1. The van der Waals surface area contributed by atoms with Crippen molar-refractivity contribution in [2.45, 2.75) is 78.3 Å². The monoisotopic (exact) mass is 689 g/mol. The zero-order chi connectivity index (χ0) is 33.4. The molecule has 45 heavy (non-hydrogen) atoms. The number of amides is 1. The maximum absolute atomic E-state index is 15.0. The summed E-state index contributed by atoms with van der Waals surface area (Å²) in [5, 5.41) is 7.71. The molecule has 2 aromatic carbocycles. The zero-order valence-electron chi connectivity index (χ0n) is 23.1. The number of nitrogens with one attached hydrogen (secondary N) is 2. The van der Waals surface area contributed by atoms with Crippen LogP contribution in [0.25, 0.3) is 0 Å². The lowest BCUT2D eigenvalue weighted by molar-refractivity contribution is -0.348. The number of alkyl halides is 7. The fraction of sp³-hybridized carbons (Fsp3) is 0.519. The molecule has 0 aliphatic heterocycles. The molecule has 0 saturated heterocycles. The van der Waals surface area contributed by atoms with Gasteiger partial charge in [-0.2, -0.15) is 39.5 Å². The lowest BCUT2D eigenvalue weighted by Crippen LogP contribution is -2.56. The topological polar surface area (TPSA) is 135 Å². The van der Waals surface area contributed by atoms with Crippen molar-refractivity contribution < 1.29 is 56.8 Å². The first kappa shape index (κ1) is 33.5. The predicted molar refractivity (Wildman–Crippen MR) is 142 cm³/mol. The summed E-state index contributed by atoms with van der Waals surface area (Å²) in [6, 6.07) is 4.09. The van der Waals surface area contributed by atoms with Crippen molar-refractivity contribution in [1.82, 2.24) is 10.0 Å². The fourth-order valence-electron chi connectivity index (χ4n) is 7.07. The molecule has 2 saturated carbocycles. The van der Waals surface area contributed by atoms with Crippen molar-refractivity contribution in [2.24, 2.45) is 17.0 Å². The van der Waals surface area contributed by atoms with E-state index in [2.05, 4.69) is 10.0 Å². The summed E-state index contributed by atoms with van der Waals surface area (Å²) >= 11 is 0. The number of carbonyl (C=O) groups is 1. The van der Waals surface area contributed by atoms with E-state index < -0.39 is 84.0 Å². The number of carbonyl (C=O) groups excluding carboxylic acids is 1. The second-order valence-corrected chi connectivity index (χ2v) is 15.2. The molecule has 2 aromatic rings. The van der Waals surface area contributed by atoms with Gasteiger partial charge < -0.3 is 5.32 Å². The first-order chi connectivity index (χ1) is 20.6. The van der Waals surface area contributed by atoms with Gasteiger partial charge in [-0.05, 0) is 79.8 Å². The number of sulfone groups is 1. The minimum atomic E-state index is -6.38. The van der Waals surface area contributed by atoms with Crippen LogP contribution in [0.3, 0.4) is 0 Å². The van der Waals surface area contributed by atoms with E-state index in [9.17, 15) is 56.8 Å². The van der Waals surface area contributed by atoms with Crippen molar-refractivity contribution in [3.8, 4) is 0 Å². The van der Waals surface area contributed by atoms with Crippen molar-refractivity contribution >= 4 is 26.0 Å². The Hall–Kier alpha value is -2.83. The van der Waals surface area contributed by atoms with E-state index >= 15 is 0 Å². The van der Waals surface area contributed by atoms with Gasteiger partial charge in [0.05, 0.1) is 4.90 Å². The van der Waals surface area contributed by atoms with Crippen LogP contribution in [0, 0.1) is 17.7 Å². The van der Waals surface area contributed by atoms with Gasteiger partial charge in [-0.15, -0.1) is 0 Å². The molecule has 0 radical (unpaired) electrons. The van der Waals surface area contributed by atoms with Gasteiger partial charge in [-0.3, -0.25) is 4.79 Å². The number of benzene rings is 2. The summed E-state index contributed by atoms with van der Waals surface area (Å²) in [5.74, 6) is -3.31. The van der Waals surface area contributed by atoms with Crippen LogP contribution in [0.15, 0.2) is 47.4 Å². The summed E-state index contributed by atoms with van der Waals surface area (Å²) in [4.78, 5) is 13.1. The van der Waals surface area contributed by atoms with E-state index in [1.165, 1.54) is 0 Å². The number of hydrogen-bond acceptors (Lipinski definition) is 5. The van der Waals surface area contributed by atoms with E-state index in [-0.39, 0.29) is 60.6 Å². The van der Waals surface area contributed by atoms with Crippen LogP contribution in [-0.4, -0.2) is 47.2 Å². The quantitative estimate of drug-likeness (QED) is 0.296. The van der Waals surface area contributed by atoms with E-state index in [1.54, 1.807) is 0 Å².